The summed E-state index contributed by atoms with van der Waals surface area (Å²) in [4.78, 5) is 33.0. The molecule has 0 atom stereocenters. The van der Waals surface area contributed by atoms with Crippen LogP contribution in [0.15, 0.2) is 20.7 Å². The van der Waals surface area contributed by atoms with E-state index in [2.05, 4.69) is 16.8 Å². The molecule has 27 heavy (non-hydrogen) atoms. The van der Waals surface area contributed by atoms with E-state index in [1.54, 1.807) is 18.8 Å². The maximum atomic E-state index is 12.9. The van der Waals surface area contributed by atoms with Gasteiger partial charge in [0.1, 0.15) is 5.65 Å². The van der Waals surface area contributed by atoms with Crippen LogP contribution in [0.4, 0.5) is 0 Å². The largest absolute Gasteiger partial charge is 0.379 e. The Labute approximate surface area is 163 Å². The van der Waals surface area contributed by atoms with Crippen LogP contribution in [0.25, 0.3) is 11.0 Å². The lowest BCUT2D eigenvalue weighted by atomic mass is 10.1. The first-order chi connectivity index (χ1) is 13.0. The molecule has 8 heteroatoms. The fourth-order valence-corrected chi connectivity index (χ4v) is 4.57. The molecule has 0 aromatic carbocycles. The molecule has 2 aromatic heterocycles. The van der Waals surface area contributed by atoms with Crippen molar-refractivity contribution in [3.05, 3.63) is 32.6 Å². The molecular formula is C19H28N4O3S. The number of fused-ring (bicyclic) bond motifs is 1. The van der Waals surface area contributed by atoms with Crippen LogP contribution in [0.3, 0.4) is 0 Å². The SMILES string of the molecule is CCCCc1cnc2c(c1SCCN1CCOCC1)c(=O)n(C)c(=O)n2C. The standard InChI is InChI=1S/C19H28N4O3S/c1-4-5-6-14-13-20-17-15(18(24)22(3)19(25)21(17)2)16(14)27-12-9-23-7-10-26-11-8-23/h13H,4-12H2,1-3H3. The van der Waals surface area contributed by atoms with Gasteiger partial charge in [-0.05, 0) is 18.4 Å². The van der Waals surface area contributed by atoms with Gasteiger partial charge in [-0.3, -0.25) is 18.8 Å². The molecule has 3 rings (SSSR count). The second-order valence-electron chi connectivity index (χ2n) is 6.92. The number of morpholine rings is 1. The van der Waals surface area contributed by atoms with E-state index in [0.717, 1.165) is 68.3 Å². The van der Waals surface area contributed by atoms with E-state index in [4.69, 9.17) is 4.74 Å². The Balaban J connectivity index is 1.97. The summed E-state index contributed by atoms with van der Waals surface area (Å²) in [5, 5.41) is 0.570. The predicted octanol–water partition coefficient (Wildman–Crippen LogP) is 1.40. The third-order valence-corrected chi connectivity index (χ3v) is 6.19. The Morgan fingerprint density at radius 2 is 1.93 bits per heavy atom. The van der Waals surface area contributed by atoms with Crippen LogP contribution in [0.2, 0.25) is 0 Å². The summed E-state index contributed by atoms with van der Waals surface area (Å²) < 4.78 is 8.05. The van der Waals surface area contributed by atoms with Gasteiger partial charge in [0.05, 0.1) is 18.6 Å². The minimum absolute atomic E-state index is 0.257. The summed E-state index contributed by atoms with van der Waals surface area (Å²) in [6.45, 7) is 6.59. The van der Waals surface area contributed by atoms with E-state index in [1.807, 2.05) is 6.20 Å². The van der Waals surface area contributed by atoms with E-state index in [0.29, 0.717) is 11.0 Å². The Morgan fingerprint density at radius 1 is 1.19 bits per heavy atom. The summed E-state index contributed by atoms with van der Waals surface area (Å²) in [6, 6.07) is 0. The first-order valence-corrected chi connectivity index (χ1v) is 10.5. The third-order valence-electron chi connectivity index (χ3n) is 5.05. The van der Waals surface area contributed by atoms with Crippen molar-refractivity contribution in [1.29, 1.82) is 0 Å². The average molecular weight is 393 g/mol. The molecule has 1 aliphatic rings. The monoisotopic (exact) mass is 392 g/mol. The van der Waals surface area contributed by atoms with Crippen molar-refractivity contribution in [2.75, 3.05) is 38.6 Å². The van der Waals surface area contributed by atoms with Gasteiger partial charge in [-0.15, -0.1) is 11.8 Å². The second kappa shape index (κ2) is 9.03. The molecule has 0 unspecified atom stereocenters. The molecule has 1 aliphatic heterocycles. The van der Waals surface area contributed by atoms with Crippen LogP contribution in [-0.2, 0) is 25.3 Å². The van der Waals surface area contributed by atoms with Crippen molar-refractivity contribution in [1.82, 2.24) is 19.0 Å². The number of hydrogen-bond donors (Lipinski definition) is 0. The number of nitrogens with zero attached hydrogens (tertiary/aromatic N) is 4. The van der Waals surface area contributed by atoms with Crippen LogP contribution in [-0.4, -0.2) is 57.6 Å². The van der Waals surface area contributed by atoms with E-state index >= 15 is 0 Å². The number of aromatic nitrogens is 3. The number of aryl methyl sites for hydroxylation is 2. The number of unbranched alkanes of at least 4 members (excludes halogenated alkanes) is 1. The molecular weight excluding hydrogens is 364 g/mol. The average Bonchev–Trinajstić information content (AvgIpc) is 2.70. The summed E-state index contributed by atoms with van der Waals surface area (Å²) >= 11 is 1.71. The molecule has 0 bridgehead atoms. The van der Waals surface area contributed by atoms with Crippen molar-refractivity contribution in [3.63, 3.8) is 0 Å². The zero-order valence-corrected chi connectivity index (χ0v) is 17.2. The summed E-state index contributed by atoms with van der Waals surface area (Å²) in [6.07, 6.45) is 4.87. The van der Waals surface area contributed by atoms with Gasteiger partial charge in [0.15, 0.2) is 0 Å². The van der Waals surface area contributed by atoms with Crippen LogP contribution in [0.1, 0.15) is 25.3 Å². The summed E-state index contributed by atoms with van der Waals surface area (Å²) in [7, 11) is 3.20. The zero-order chi connectivity index (χ0) is 19.4. The molecule has 0 N–H and O–H groups in total. The van der Waals surface area contributed by atoms with Gasteiger partial charge in [0.25, 0.3) is 5.56 Å². The van der Waals surface area contributed by atoms with Gasteiger partial charge >= 0.3 is 5.69 Å². The molecule has 1 saturated heterocycles. The molecule has 0 saturated carbocycles. The molecule has 0 radical (unpaired) electrons. The quantitative estimate of drug-likeness (QED) is 0.664. The highest BCUT2D eigenvalue weighted by Crippen LogP contribution is 2.29. The molecule has 0 aliphatic carbocycles. The lowest BCUT2D eigenvalue weighted by Gasteiger charge is -2.26. The van der Waals surface area contributed by atoms with E-state index in [1.165, 1.54) is 16.2 Å². The van der Waals surface area contributed by atoms with Crippen LogP contribution in [0.5, 0.6) is 0 Å². The minimum atomic E-state index is -0.342. The lowest BCUT2D eigenvalue weighted by molar-refractivity contribution is 0.0410. The van der Waals surface area contributed by atoms with Gasteiger partial charge in [0.2, 0.25) is 0 Å². The van der Waals surface area contributed by atoms with Gasteiger partial charge in [-0.25, -0.2) is 9.78 Å². The molecule has 0 spiro atoms. The molecule has 7 nitrogen and oxygen atoms in total. The maximum Gasteiger partial charge on any atom is 0.332 e. The third kappa shape index (κ3) is 4.28. The van der Waals surface area contributed by atoms with Gasteiger partial charge in [0, 0.05) is 50.6 Å². The lowest BCUT2D eigenvalue weighted by Crippen LogP contribution is -2.38. The number of hydrogen-bond acceptors (Lipinski definition) is 6. The first kappa shape index (κ1) is 20.1. The number of pyridine rings is 1. The highest BCUT2D eigenvalue weighted by atomic mass is 32.2. The second-order valence-corrected chi connectivity index (χ2v) is 8.03. The number of rotatable bonds is 7. The minimum Gasteiger partial charge on any atom is -0.379 e. The van der Waals surface area contributed by atoms with Crippen LogP contribution >= 0.6 is 11.8 Å². The van der Waals surface area contributed by atoms with Crippen molar-refractivity contribution < 1.29 is 4.74 Å². The summed E-state index contributed by atoms with van der Waals surface area (Å²) in [5.74, 6) is 0.893. The Morgan fingerprint density at radius 3 is 2.63 bits per heavy atom. The smallest absolute Gasteiger partial charge is 0.332 e. The van der Waals surface area contributed by atoms with Crippen molar-refractivity contribution in [2.45, 2.75) is 31.1 Å². The van der Waals surface area contributed by atoms with E-state index < -0.39 is 0 Å². The Bertz CT molecular complexity index is 916. The number of thioether (sulfide) groups is 1. The zero-order valence-electron chi connectivity index (χ0n) is 16.4. The number of ether oxygens (including phenoxy) is 1. The van der Waals surface area contributed by atoms with Crippen molar-refractivity contribution in [3.8, 4) is 0 Å². The molecule has 1 fully saturated rings. The van der Waals surface area contributed by atoms with E-state index in [-0.39, 0.29) is 11.2 Å². The Hall–Kier alpha value is -1.64. The van der Waals surface area contributed by atoms with Gasteiger partial charge in [-0.2, -0.15) is 0 Å². The molecule has 148 valence electrons. The highest BCUT2D eigenvalue weighted by molar-refractivity contribution is 7.99. The van der Waals surface area contributed by atoms with Crippen molar-refractivity contribution >= 4 is 22.8 Å². The summed E-state index contributed by atoms with van der Waals surface area (Å²) in [5.41, 5.74) is 0.975. The van der Waals surface area contributed by atoms with Gasteiger partial charge in [-0.1, -0.05) is 13.3 Å². The van der Waals surface area contributed by atoms with Gasteiger partial charge < -0.3 is 4.74 Å². The normalized spacial score (nSPS) is 15.5. The molecule has 2 aromatic rings. The van der Waals surface area contributed by atoms with Crippen LogP contribution in [0, 0.1) is 0 Å². The molecule has 0 amide bonds. The van der Waals surface area contributed by atoms with E-state index in [9.17, 15) is 9.59 Å². The maximum absolute atomic E-state index is 12.9. The fraction of sp³-hybridized carbons (Fsp3) is 0.632. The first-order valence-electron chi connectivity index (χ1n) is 9.55. The Kier molecular flexibility index (Phi) is 6.73. The highest BCUT2D eigenvalue weighted by Gasteiger charge is 2.18. The topological polar surface area (TPSA) is 69.4 Å². The fourth-order valence-electron chi connectivity index (χ4n) is 3.35. The van der Waals surface area contributed by atoms with Crippen LogP contribution < -0.4 is 11.2 Å². The molecule has 3 heterocycles. The predicted molar refractivity (Wildman–Crippen MR) is 109 cm³/mol. The van der Waals surface area contributed by atoms with Crippen molar-refractivity contribution in [2.24, 2.45) is 14.1 Å².